The van der Waals surface area contributed by atoms with Gasteiger partial charge in [-0.1, -0.05) is 6.08 Å². The maximum atomic E-state index is 12.9. The molecule has 0 radical (unpaired) electrons. The summed E-state index contributed by atoms with van der Waals surface area (Å²) in [5.41, 5.74) is -0.283. The molecule has 0 aromatic carbocycles. The molecule has 2 fully saturated rings. The van der Waals surface area contributed by atoms with Crippen LogP contribution in [0.1, 0.15) is 19.3 Å². The Hall–Kier alpha value is -1.28. The van der Waals surface area contributed by atoms with Gasteiger partial charge in [0.1, 0.15) is 4.90 Å². The smallest absolute Gasteiger partial charge is 0.244 e. The van der Waals surface area contributed by atoms with Crippen molar-refractivity contribution in [1.29, 1.82) is 0 Å². The van der Waals surface area contributed by atoms with Crippen molar-refractivity contribution in [2.24, 2.45) is 5.41 Å². The average Bonchev–Trinajstić information content (AvgIpc) is 2.62. The third kappa shape index (κ3) is 3.39. The van der Waals surface area contributed by atoms with E-state index in [1.165, 1.54) is 6.20 Å². The summed E-state index contributed by atoms with van der Waals surface area (Å²) in [5.74, 6) is 0. The Labute approximate surface area is 143 Å². The largest absolute Gasteiger partial charge is 0.377 e. The number of ether oxygens (including phenoxy) is 2. The first-order valence-electron chi connectivity index (χ1n) is 8.29. The zero-order valence-corrected chi connectivity index (χ0v) is 14.6. The Kier molecular flexibility index (Phi) is 5.34. The summed E-state index contributed by atoms with van der Waals surface area (Å²) in [5, 5.41) is 0. The highest BCUT2D eigenvalue weighted by atomic mass is 32.2. The maximum absolute atomic E-state index is 12.9. The van der Waals surface area contributed by atoms with Gasteiger partial charge in [0, 0.05) is 37.5 Å². The maximum Gasteiger partial charge on any atom is 0.244 e. The van der Waals surface area contributed by atoms with Gasteiger partial charge in [-0.25, -0.2) is 8.42 Å². The van der Waals surface area contributed by atoms with Crippen LogP contribution in [0.25, 0.3) is 0 Å². The lowest BCUT2D eigenvalue weighted by atomic mass is 9.73. The van der Waals surface area contributed by atoms with E-state index in [0.29, 0.717) is 32.7 Å². The van der Waals surface area contributed by atoms with Crippen LogP contribution in [0.15, 0.2) is 42.1 Å². The van der Waals surface area contributed by atoms with E-state index in [-0.39, 0.29) is 16.4 Å². The van der Waals surface area contributed by atoms with E-state index in [9.17, 15) is 8.42 Å². The molecule has 132 valence electrons. The van der Waals surface area contributed by atoms with Gasteiger partial charge in [0.25, 0.3) is 0 Å². The lowest BCUT2D eigenvalue weighted by Crippen LogP contribution is -2.58. The number of nitrogens with zero attached hydrogens (tertiary/aromatic N) is 2. The molecule has 2 atom stereocenters. The van der Waals surface area contributed by atoms with Gasteiger partial charge in [-0.15, -0.1) is 6.58 Å². The molecule has 6 nitrogen and oxygen atoms in total. The molecule has 0 saturated carbocycles. The lowest BCUT2D eigenvalue weighted by Gasteiger charge is -2.49. The van der Waals surface area contributed by atoms with Crippen LogP contribution in [0.2, 0.25) is 0 Å². The number of pyridine rings is 1. The van der Waals surface area contributed by atoms with Gasteiger partial charge in [0.2, 0.25) is 10.0 Å². The molecule has 0 N–H and O–H groups in total. The molecule has 0 unspecified atom stereocenters. The summed E-state index contributed by atoms with van der Waals surface area (Å²) in [4.78, 5) is 4.18. The Morgan fingerprint density at radius 3 is 3.17 bits per heavy atom. The highest BCUT2D eigenvalue weighted by molar-refractivity contribution is 7.89. The van der Waals surface area contributed by atoms with Crippen molar-refractivity contribution in [3.63, 3.8) is 0 Å². The van der Waals surface area contributed by atoms with E-state index in [1.807, 2.05) is 0 Å². The van der Waals surface area contributed by atoms with Crippen LogP contribution in [0.5, 0.6) is 0 Å². The van der Waals surface area contributed by atoms with Crippen LogP contribution in [0.4, 0.5) is 0 Å². The predicted molar refractivity (Wildman–Crippen MR) is 90.0 cm³/mol. The van der Waals surface area contributed by atoms with Crippen molar-refractivity contribution in [2.75, 3.05) is 32.9 Å². The van der Waals surface area contributed by atoms with Crippen LogP contribution in [-0.4, -0.2) is 56.7 Å². The second-order valence-electron chi connectivity index (χ2n) is 6.45. The minimum Gasteiger partial charge on any atom is -0.377 e. The van der Waals surface area contributed by atoms with Gasteiger partial charge in [-0.05, 0) is 31.4 Å². The summed E-state index contributed by atoms with van der Waals surface area (Å²) >= 11 is 0. The molecule has 0 aliphatic carbocycles. The first kappa shape index (κ1) is 17.5. The average molecular weight is 352 g/mol. The van der Waals surface area contributed by atoms with Crippen molar-refractivity contribution < 1.29 is 17.9 Å². The standard InChI is InChI=1S/C17H24N2O4S/c1-2-10-22-14-17-7-4-11-23-16(17)6-9-19(13-17)24(20,21)15-5-3-8-18-12-15/h2-3,5,8,12,16H,1,4,6-7,9-11,13-14H2/t16-,17-/m0/s1. The van der Waals surface area contributed by atoms with Crippen molar-refractivity contribution in [3.05, 3.63) is 37.2 Å². The molecule has 0 amide bonds. The van der Waals surface area contributed by atoms with Crippen LogP contribution >= 0.6 is 0 Å². The predicted octanol–water partition coefficient (Wildman–Crippen LogP) is 1.84. The fraction of sp³-hybridized carbons (Fsp3) is 0.588. The van der Waals surface area contributed by atoms with Crippen molar-refractivity contribution in [2.45, 2.75) is 30.3 Å². The topological polar surface area (TPSA) is 68.7 Å². The van der Waals surface area contributed by atoms with E-state index < -0.39 is 10.0 Å². The number of hydrogen-bond donors (Lipinski definition) is 0. The van der Waals surface area contributed by atoms with E-state index in [1.54, 1.807) is 28.7 Å². The highest BCUT2D eigenvalue weighted by Gasteiger charge is 2.48. The number of piperidine rings is 1. The Morgan fingerprint density at radius 2 is 2.42 bits per heavy atom. The molecule has 24 heavy (non-hydrogen) atoms. The molecule has 3 rings (SSSR count). The first-order chi connectivity index (χ1) is 11.6. The molecule has 1 aromatic heterocycles. The molecule has 2 saturated heterocycles. The van der Waals surface area contributed by atoms with Gasteiger partial charge < -0.3 is 9.47 Å². The summed E-state index contributed by atoms with van der Waals surface area (Å²) in [6, 6.07) is 3.24. The van der Waals surface area contributed by atoms with E-state index in [0.717, 1.165) is 19.4 Å². The van der Waals surface area contributed by atoms with E-state index in [2.05, 4.69) is 11.6 Å². The minimum atomic E-state index is -3.54. The molecule has 0 spiro atoms. The summed E-state index contributed by atoms with van der Waals surface area (Å²) in [7, 11) is -3.54. The summed E-state index contributed by atoms with van der Waals surface area (Å²) < 4.78 is 39.1. The van der Waals surface area contributed by atoms with Crippen LogP contribution in [0, 0.1) is 5.41 Å². The molecule has 7 heteroatoms. The number of hydrogen-bond acceptors (Lipinski definition) is 5. The number of aromatic nitrogens is 1. The molecule has 1 aromatic rings. The van der Waals surface area contributed by atoms with E-state index >= 15 is 0 Å². The molecule has 3 heterocycles. The molecule has 0 bridgehead atoms. The number of fused-ring (bicyclic) bond motifs is 1. The molecule has 2 aliphatic heterocycles. The third-order valence-corrected chi connectivity index (χ3v) is 6.68. The minimum absolute atomic E-state index is 0.0522. The fourth-order valence-electron chi connectivity index (χ4n) is 3.66. The Balaban J connectivity index is 1.83. The van der Waals surface area contributed by atoms with Gasteiger partial charge in [-0.2, -0.15) is 4.31 Å². The monoisotopic (exact) mass is 352 g/mol. The zero-order valence-electron chi connectivity index (χ0n) is 13.8. The lowest BCUT2D eigenvalue weighted by molar-refractivity contribution is -0.140. The van der Waals surface area contributed by atoms with Gasteiger partial charge in [-0.3, -0.25) is 4.98 Å². The van der Waals surface area contributed by atoms with Crippen molar-refractivity contribution in [1.82, 2.24) is 9.29 Å². The normalized spacial score (nSPS) is 28.2. The zero-order chi connectivity index (χ0) is 17.0. The molecular formula is C17H24N2O4S. The van der Waals surface area contributed by atoms with Gasteiger partial charge >= 0.3 is 0 Å². The fourth-order valence-corrected chi connectivity index (χ4v) is 5.18. The van der Waals surface area contributed by atoms with Crippen molar-refractivity contribution >= 4 is 10.0 Å². The second kappa shape index (κ2) is 7.31. The first-order valence-corrected chi connectivity index (χ1v) is 9.73. The Morgan fingerprint density at radius 1 is 1.54 bits per heavy atom. The van der Waals surface area contributed by atoms with Crippen LogP contribution in [0.3, 0.4) is 0 Å². The van der Waals surface area contributed by atoms with Crippen molar-refractivity contribution in [3.8, 4) is 0 Å². The summed E-state index contributed by atoms with van der Waals surface area (Å²) in [6.45, 7) is 6.25. The quantitative estimate of drug-likeness (QED) is 0.577. The van der Waals surface area contributed by atoms with Gasteiger partial charge in [0.15, 0.2) is 0 Å². The number of rotatable bonds is 6. The van der Waals surface area contributed by atoms with Crippen LogP contribution < -0.4 is 0 Å². The van der Waals surface area contributed by atoms with E-state index in [4.69, 9.17) is 9.47 Å². The molecular weight excluding hydrogens is 328 g/mol. The summed E-state index contributed by atoms with van der Waals surface area (Å²) in [6.07, 6.45) is 7.27. The molecule has 2 aliphatic rings. The van der Waals surface area contributed by atoms with Crippen LogP contribution in [-0.2, 0) is 19.5 Å². The number of sulfonamides is 1. The Bertz CT molecular complexity index is 664. The second-order valence-corrected chi connectivity index (χ2v) is 8.38. The SMILES string of the molecule is C=CCOC[C@@]12CCCO[C@H]1CCN(S(=O)(=O)c1cccnc1)C2. The van der Waals surface area contributed by atoms with Gasteiger partial charge in [0.05, 0.1) is 19.3 Å². The highest BCUT2D eigenvalue weighted by Crippen LogP contribution is 2.41. The third-order valence-electron chi connectivity index (χ3n) is 4.85.